The van der Waals surface area contributed by atoms with Crippen LogP contribution in [0.3, 0.4) is 0 Å². The summed E-state index contributed by atoms with van der Waals surface area (Å²) in [6, 6.07) is -0.887. The molecule has 350 valence electrons. The zero-order chi connectivity index (χ0) is 43.6. The van der Waals surface area contributed by atoms with Gasteiger partial charge in [0.1, 0.15) is 13.2 Å². The molecule has 9 heteroatoms. The molecule has 8 nitrogen and oxygen atoms in total. The molecule has 59 heavy (non-hydrogen) atoms. The first-order chi connectivity index (χ1) is 28.5. The number of quaternary nitrogens is 1. The predicted molar refractivity (Wildman–Crippen MR) is 252 cm³/mol. The zero-order valence-electron chi connectivity index (χ0n) is 39.7. The van der Waals surface area contributed by atoms with Crippen LogP contribution in [0.1, 0.15) is 239 Å². The first-order valence-electron chi connectivity index (χ1n) is 25.2. The highest BCUT2D eigenvalue weighted by atomic mass is 31.2. The second kappa shape index (κ2) is 42.3. The SMILES string of the molecule is CCCC/C=C\CCCCCCCC(=O)NC(COP(=O)([O-])OCC[N+](C)(C)C)C(O)/C=C/CCCCCCCCCCCCCCCCCCCCCCCCCC. The van der Waals surface area contributed by atoms with Gasteiger partial charge in [-0.05, 0) is 38.5 Å². The molecule has 0 aliphatic heterocycles. The van der Waals surface area contributed by atoms with Crippen molar-refractivity contribution in [3.8, 4) is 0 Å². The summed E-state index contributed by atoms with van der Waals surface area (Å²) in [6.45, 7) is 4.61. The van der Waals surface area contributed by atoms with Gasteiger partial charge in [0.2, 0.25) is 5.91 Å². The molecular formula is C50H99N2O6P. The molecule has 0 aromatic carbocycles. The molecule has 0 heterocycles. The lowest BCUT2D eigenvalue weighted by molar-refractivity contribution is -0.870. The van der Waals surface area contributed by atoms with Gasteiger partial charge >= 0.3 is 0 Å². The maximum absolute atomic E-state index is 12.8. The number of hydrogen-bond donors (Lipinski definition) is 2. The third-order valence-corrected chi connectivity index (χ3v) is 12.4. The summed E-state index contributed by atoms with van der Waals surface area (Å²) >= 11 is 0. The third kappa shape index (κ3) is 44.8. The van der Waals surface area contributed by atoms with Gasteiger partial charge in [-0.3, -0.25) is 9.36 Å². The molecule has 2 N–H and O–H groups in total. The standard InChI is InChI=1S/C50H99N2O6P/c1-6-8-10-12-14-16-18-19-20-21-22-23-24-25-26-27-28-29-30-31-32-34-35-37-39-41-43-49(53)48(47-58-59(55,56)57-46-45-52(3,4)5)51-50(54)44-42-40-38-36-33-17-15-13-11-9-7-2/h13,15,41,43,48-49,53H,6-12,14,16-40,42,44-47H2,1-5H3,(H-,51,54,55,56)/b15-13-,43-41+. The Morgan fingerprint density at radius 2 is 0.949 bits per heavy atom. The van der Waals surface area contributed by atoms with Crippen LogP contribution in [0.5, 0.6) is 0 Å². The highest BCUT2D eigenvalue weighted by Gasteiger charge is 2.23. The Kier molecular flexibility index (Phi) is 41.6. The van der Waals surface area contributed by atoms with Crippen molar-refractivity contribution in [1.29, 1.82) is 0 Å². The Bertz CT molecular complexity index is 1020. The van der Waals surface area contributed by atoms with E-state index in [2.05, 4.69) is 31.3 Å². The molecule has 0 bridgehead atoms. The Morgan fingerprint density at radius 1 is 0.576 bits per heavy atom. The molecule has 0 saturated carbocycles. The number of phosphoric ester groups is 1. The summed E-state index contributed by atoms with van der Waals surface area (Å²) in [5, 5.41) is 13.8. The van der Waals surface area contributed by atoms with Crippen molar-refractivity contribution < 1.29 is 32.9 Å². The summed E-state index contributed by atoms with van der Waals surface area (Å²) in [5.74, 6) is -0.207. The lowest BCUT2D eigenvalue weighted by Crippen LogP contribution is -2.45. The van der Waals surface area contributed by atoms with Crippen LogP contribution in [-0.2, 0) is 18.4 Å². The van der Waals surface area contributed by atoms with Crippen molar-refractivity contribution in [3.05, 3.63) is 24.3 Å². The number of hydrogen-bond acceptors (Lipinski definition) is 6. The Hall–Kier alpha value is -1.02. The number of likely N-dealkylation sites (N-methyl/N-ethyl adjacent to an activating group) is 1. The number of allylic oxidation sites excluding steroid dienone is 3. The second-order valence-corrected chi connectivity index (χ2v) is 19.9. The Labute approximate surface area is 366 Å². The molecule has 0 aliphatic rings. The van der Waals surface area contributed by atoms with Crippen molar-refractivity contribution >= 4 is 13.7 Å². The number of amides is 1. The molecule has 0 aromatic rings. The van der Waals surface area contributed by atoms with Crippen LogP contribution in [0.4, 0.5) is 0 Å². The second-order valence-electron chi connectivity index (χ2n) is 18.5. The molecule has 0 rings (SSSR count). The summed E-state index contributed by atoms with van der Waals surface area (Å²) < 4.78 is 23.2. The summed E-state index contributed by atoms with van der Waals surface area (Å²) in [4.78, 5) is 25.3. The lowest BCUT2D eigenvalue weighted by Gasteiger charge is -2.29. The number of aliphatic hydroxyl groups excluding tert-OH is 1. The van der Waals surface area contributed by atoms with E-state index in [1.807, 2.05) is 27.2 Å². The molecule has 0 aromatic heterocycles. The highest BCUT2D eigenvalue weighted by Crippen LogP contribution is 2.38. The minimum absolute atomic E-state index is 0.00150. The van der Waals surface area contributed by atoms with Crippen LogP contribution < -0.4 is 10.2 Å². The van der Waals surface area contributed by atoms with Gasteiger partial charge in [-0.1, -0.05) is 218 Å². The van der Waals surface area contributed by atoms with Crippen molar-refractivity contribution in [1.82, 2.24) is 5.32 Å². The Morgan fingerprint density at radius 3 is 1.37 bits per heavy atom. The van der Waals surface area contributed by atoms with Crippen LogP contribution in [0.15, 0.2) is 24.3 Å². The maximum atomic E-state index is 12.8. The largest absolute Gasteiger partial charge is 0.756 e. The molecule has 0 saturated heterocycles. The van der Waals surface area contributed by atoms with E-state index in [4.69, 9.17) is 9.05 Å². The number of carbonyl (C=O) groups excluding carboxylic acids is 1. The van der Waals surface area contributed by atoms with Crippen molar-refractivity contribution in [3.63, 3.8) is 0 Å². The van der Waals surface area contributed by atoms with Crippen LogP contribution in [0.25, 0.3) is 0 Å². The van der Waals surface area contributed by atoms with E-state index in [9.17, 15) is 19.4 Å². The van der Waals surface area contributed by atoms with Crippen molar-refractivity contribution in [2.45, 2.75) is 251 Å². The monoisotopic (exact) mass is 855 g/mol. The van der Waals surface area contributed by atoms with Gasteiger partial charge < -0.3 is 28.8 Å². The van der Waals surface area contributed by atoms with E-state index in [1.165, 1.54) is 161 Å². The van der Waals surface area contributed by atoms with E-state index >= 15 is 0 Å². The fourth-order valence-electron chi connectivity index (χ4n) is 7.37. The predicted octanol–water partition coefficient (Wildman–Crippen LogP) is 13.8. The van der Waals surface area contributed by atoms with Gasteiger partial charge in [0, 0.05) is 6.42 Å². The maximum Gasteiger partial charge on any atom is 0.268 e. The molecule has 3 unspecified atom stereocenters. The third-order valence-electron chi connectivity index (χ3n) is 11.4. The smallest absolute Gasteiger partial charge is 0.268 e. The molecule has 0 radical (unpaired) electrons. The number of aliphatic hydroxyl groups is 1. The number of rotatable bonds is 46. The molecule has 0 spiro atoms. The first-order valence-corrected chi connectivity index (χ1v) is 26.7. The van der Waals surface area contributed by atoms with E-state index < -0.39 is 20.0 Å². The van der Waals surface area contributed by atoms with Gasteiger partial charge in [0.25, 0.3) is 7.82 Å². The number of carbonyl (C=O) groups is 1. The average molecular weight is 855 g/mol. The van der Waals surface area contributed by atoms with Gasteiger partial charge in [-0.2, -0.15) is 0 Å². The molecule has 0 fully saturated rings. The summed E-state index contributed by atoms with van der Waals surface area (Å²) in [7, 11) is 1.26. The normalized spacial score (nSPS) is 14.4. The number of unbranched alkanes of at least 4 members (excludes halogenated alkanes) is 31. The van der Waals surface area contributed by atoms with Gasteiger partial charge in [-0.25, -0.2) is 0 Å². The molecule has 0 aliphatic carbocycles. The number of nitrogens with zero attached hydrogens (tertiary/aromatic N) is 1. The van der Waals surface area contributed by atoms with Crippen molar-refractivity contribution in [2.75, 3.05) is 40.9 Å². The fraction of sp³-hybridized carbons (Fsp3) is 0.900. The first kappa shape index (κ1) is 58.0. The lowest BCUT2D eigenvalue weighted by atomic mass is 10.0. The highest BCUT2D eigenvalue weighted by molar-refractivity contribution is 7.45. The van der Waals surface area contributed by atoms with Crippen LogP contribution in [-0.4, -0.2) is 68.5 Å². The van der Waals surface area contributed by atoms with Gasteiger partial charge in [0.15, 0.2) is 0 Å². The minimum atomic E-state index is -4.59. The van der Waals surface area contributed by atoms with E-state index in [-0.39, 0.29) is 19.1 Å². The van der Waals surface area contributed by atoms with Crippen LogP contribution >= 0.6 is 7.82 Å². The molecule has 1 amide bonds. The van der Waals surface area contributed by atoms with Gasteiger partial charge in [0.05, 0.1) is 39.9 Å². The van der Waals surface area contributed by atoms with E-state index in [1.54, 1.807) is 6.08 Å². The Balaban J connectivity index is 4.17. The quantitative estimate of drug-likeness (QED) is 0.0273. The van der Waals surface area contributed by atoms with Crippen molar-refractivity contribution in [2.24, 2.45) is 0 Å². The number of phosphoric acid groups is 1. The van der Waals surface area contributed by atoms with Gasteiger partial charge in [-0.15, -0.1) is 0 Å². The molecular weight excluding hydrogens is 756 g/mol. The summed E-state index contributed by atoms with van der Waals surface area (Å²) in [5.41, 5.74) is 0. The minimum Gasteiger partial charge on any atom is -0.756 e. The van der Waals surface area contributed by atoms with E-state index in [0.29, 0.717) is 17.4 Å². The average Bonchev–Trinajstić information content (AvgIpc) is 3.19. The number of nitrogens with one attached hydrogen (secondary N) is 1. The van der Waals surface area contributed by atoms with E-state index in [0.717, 1.165) is 57.8 Å². The van der Waals surface area contributed by atoms with Crippen LogP contribution in [0, 0.1) is 0 Å². The molecule has 3 atom stereocenters. The zero-order valence-corrected chi connectivity index (χ0v) is 40.6. The van der Waals surface area contributed by atoms with Crippen LogP contribution in [0.2, 0.25) is 0 Å². The summed E-state index contributed by atoms with van der Waals surface area (Å²) in [6.07, 6.45) is 51.1. The fourth-order valence-corrected chi connectivity index (χ4v) is 8.09. The topological polar surface area (TPSA) is 108 Å².